The number of fused-ring (bicyclic) bond motifs is 5. The molecule has 0 bridgehead atoms. The smallest absolute Gasteiger partial charge is 0.180 e. The van der Waals surface area contributed by atoms with Crippen molar-refractivity contribution in [1.29, 1.82) is 0 Å². The Kier molecular flexibility index (Phi) is 132. The van der Waals surface area contributed by atoms with Gasteiger partial charge in [-0.2, -0.15) is 42.0 Å². The maximum Gasteiger partial charge on any atom is 0.180 e. The highest BCUT2D eigenvalue weighted by Gasteiger charge is 1.93. The number of furan rings is 1. The second-order valence-corrected chi connectivity index (χ2v) is 27.6. The number of oxazole rings is 1. The van der Waals surface area contributed by atoms with Gasteiger partial charge in [0.1, 0.15) is 31.5 Å². The fourth-order valence-corrected chi connectivity index (χ4v) is 11.8. The zero-order valence-corrected chi connectivity index (χ0v) is 74.9. The molecule has 6 N–H and O–H groups in total. The molecule has 22 aromatic heterocycles. The third kappa shape index (κ3) is 91.8. The lowest BCUT2D eigenvalue weighted by Crippen LogP contribution is -1.78. The fourth-order valence-electron chi connectivity index (χ4n) is 8.00. The van der Waals surface area contributed by atoms with Crippen molar-refractivity contribution < 1.29 is 13.4 Å². The number of rotatable bonds is 0. The molecule has 0 aliphatic rings. The number of aromatic nitrogens is 28. The molecular weight excluding hydrogens is 1980 g/mol. The molecule has 0 fully saturated rings. The number of benzene rings is 4. The first-order valence-electron chi connectivity index (χ1n) is 38.6. The third-order valence-electron chi connectivity index (χ3n) is 13.4. The van der Waals surface area contributed by atoms with Gasteiger partial charge in [-0.25, -0.2) is 49.2 Å². The van der Waals surface area contributed by atoms with Crippen LogP contribution in [0.15, 0.2) is 524 Å². The second-order valence-electron chi connectivity index (χ2n) is 22.5. The third-order valence-corrected chi connectivity index (χ3v) is 17.9. The molecule has 0 aliphatic heterocycles. The molecule has 0 radical (unpaired) electrons. The number of para-hydroxylation sites is 5. The number of thiophene rings is 4. The molecule has 0 amide bonds. The molecular formula is C112H162N28O3S6. The number of nitrogens with zero attached hydrogens (tertiary/aromatic N) is 22. The molecule has 0 atom stereocenters. The molecule has 4 aromatic carbocycles. The van der Waals surface area contributed by atoms with E-state index in [9.17, 15) is 0 Å². The monoisotopic (exact) mass is 2140 g/mol. The molecule has 0 saturated carbocycles. The van der Waals surface area contributed by atoms with E-state index in [2.05, 4.69) is 230 Å². The molecule has 26 aromatic rings. The largest absolute Gasteiger partial charge is 0.473 e. The van der Waals surface area contributed by atoms with E-state index in [4.69, 9.17) is 0 Å². The van der Waals surface area contributed by atoms with Crippen molar-refractivity contribution in [2.45, 2.75) is 134 Å². The Morgan fingerprint density at radius 3 is 1.05 bits per heavy atom. The van der Waals surface area contributed by atoms with Crippen molar-refractivity contribution in [2.24, 2.45) is 0 Å². The summed E-state index contributed by atoms with van der Waals surface area (Å²) in [4.78, 5) is 68.3. The molecule has 0 unspecified atom stereocenters. The fraction of sp³-hybridized carbons (Fsp3) is 0.161. The van der Waals surface area contributed by atoms with Crippen molar-refractivity contribution >= 4 is 121 Å². The molecule has 31 nitrogen and oxygen atoms in total. The van der Waals surface area contributed by atoms with Crippen LogP contribution in [-0.2, 0) is 0 Å². The normalized spacial score (nSPS) is 7.70. The van der Waals surface area contributed by atoms with Crippen LogP contribution in [0.25, 0.3) is 52.5 Å². The van der Waals surface area contributed by atoms with Gasteiger partial charge in [-0.05, 0) is 195 Å². The average molecular weight is 2140 g/mol. The van der Waals surface area contributed by atoms with Gasteiger partial charge in [0.25, 0.3) is 0 Å². The highest BCUT2D eigenvalue weighted by molar-refractivity contribution is 7.25. The van der Waals surface area contributed by atoms with Crippen molar-refractivity contribution in [2.75, 3.05) is 0 Å². The Labute approximate surface area is 911 Å². The quantitative estimate of drug-likeness (QED) is 0.0821. The highest BCUT2D eigenvalue weighted by atomic mass is 32.1. The number of H-pyrrole nitrogens is 6. The summed E-state index contributed by atoms with van der Waals surface area (Å²) in [6.45, 7) is 0. The Bertz CT molecular complexity index is 4970. The van der Waals surface area contributed by atoms with Gasteiger partial charge in [0, 0.05) is 185 Å². The second kappa shape index (κ2) is 123. The van der Waals surface area contributed by atoms with Crippen LogP contribution in [0.5, 0.6) is 0 Å². The van der Waals surface area contributed by atoms with Crippen LogP contribution in [0.2, 0.25) is 0 Å². The van der Waals surface area contributed by atoms with Gasteiger partial charge in [-0.3, -0.25) is 35.0 Å². The predicted molar refractivity (Wildman–Crippen MR) is 646 cm³/mol. The maximum atomic E-state index is 4.58. The van der Waals surface area contributed by atoms with Crippen LogP contribution in [-0.4, -0.2) is 140 Å². The van der Waals surface area contributed by atoms with Crippen LogP contribution in [0.4, 0.5) is 0 Å². The number of imidazole rings is 2. The van der Waals surface area contributed by atoms with Gasteiger partial charge in [0.15, 0.2) is 6.39 Å². The summed E-state index contributed by atoms with van der Waals surface area (Å²) in [7, 11) is 0. The minimum atomic E-state index is 0. The summed E-state index contributed by atoms with van der Waals surface area (Å²) in [6.07, 6.45) is 64.8. The molecule has 149 heavy (non-hydrogen) atoms. The Balaban J connectivity index is -0.000000118. The van der Waals surface area contributed by atoms with Gasteiger partial charge in [-0.1, -0.05) is 218 Å². The Morgan fingerprint density at radius 1 is 0.242 bits per heavy atom. The van der Waals surface area contributed by atoms with Gasteiger partial charge in [0.05, 0.1) is 77.5 Å². The van der Waals surface area contributed by atoms with E-state index in [1.807, 2.05) is 180 Å². The van der Waals surface area contributed by atoms with Crippen LogP contribution in [0, 0.1) is 0 Å². The van der Waals surface area contributed by atoms with Crippen LogP contribution >= 0.6 is 68.2 Å². The van der Waals surface area contributed by atoms with E-state index in [-0.39, 0.29) is 134 Å². The zero-order chi connectivity index (χ0) is 91.3. The SMILES string of the molecule is C.C.C.C.C.C.C.C.C.C.C.C.C.C.C.C.C.C.c1c[nH]cn1.c1cc2sccc2s1.c1cc[nH]c1.c1ccc2[nH]ccc2c1.c1ccc2[nH]cnc2c1.c1ccc2nccnc2c1.c1ccc2sccc2c1.c1ccncc1.c1ccnnc1.c1ccoc1.c1ccsc1.c1cn[nH]c1.c1cn[nH]n1.c1cnccn1.c1cncnc1.c1cncnc1.c1cncnc1.c1cnoc1.c1cnsc1.c1cocn1.c1cscn1. The van der Waals surface area contributed by atoms with Crippen LogP contribution < -0.4 is 0 Å². The summed E-state index contributed by atoms with van der Waals surface area (Å²) < 4.78 is 21.3. The summed E-state index contributed by atoms with van der Waals surface area (Å²) in [5.41, 5.74) is 7.02. The molecule has 0 saturated heterocycles. The van der Waals surface area contributed by atoms with Crippen molar-refractivity contribution in [3.8, 4) is 0 Å². The molecule has 26 rings (SSSR count). The van der Waals surface area contributed by atoms with E-state index < -0.39 is 0 Å². The molecule has 22 heterocycles. The lowest BCUT2D eigenvalue weighted by Gasteiger charge is -1.90. The number of nitrogens with one attached hydrogen (secondary N) is 6. The number of aromatic amines is 6. The summed E-state index contributed by atoms with van der Waals surface area (Å²) >= 11 is 10.2. The first-order chi connectivity index (χ1) is 65.3. The summed E-state index contributed by atoms with van der Waals surface area (Å²) in [6, 6.07) is 72.6. The van der Waals surface area contributed by atoms with Crippen LogP contribution in [0.1, 0.15) is 134 Å². The van der Waals surface area contributed by atoms with Crippen LogP contribution in [0.3, 0.4) is 0 Å². The number of hydrogen-bond donors (Lipinski definition) is 6. The van der Waals surface area contributed by atoms with Gasteiger partial charge < -0.3 is 33.3 Å². The standard InChI is InChI=1S/C8H6N2.C8H7N.C8H6S.C7H6N2.C6H4S2.C5H5N.5C4H4N2.C4H5N.C4H4O.C4H4S.2C3H4N2.2C3H3NO.2C3H3NS.C2H3N3.18CH4/c1-2-4-8-7(3-1)9-5-6-10-8;2*1-2-4-8-7(3-1)5-6-9-8;1-2-4-7-6(3-1)8-5-9-7;1-3-7-6-2-4-8-5(1)6;1-2-4-6-5-3-1;1-2-6-4-3-5-1;3*1-2-5-4-6-3-1;1-2-4-6-5-3-1;3*1-2-4-5-3-1;1-2-5-3-4-1;1-2-4-5-3-1;1-2-5-3-4-1;1-2-4-5-3-1;1-2-5-3-4-1;2*1-2-4-5-3-1;;;;;;;;;;;;;;;;;;/h1-6H;1-6,9H;1-6H;1-5H,(H,8,9);1-4H;1-5H;5*1-4H;1-5H;2*1-4H;2*1-3H,(H,4,5);4*1-3H;1-2H,(H,3,4,5);18*1H4. The van der Waals surface area contributed by atoms with E-state index in [0.29, 0.717) is 0 Å². The first kappa shape index (κ1) is 160. The van der Waals surface area contributed by atoms with E-state index >= 15 is 0 Å². The van der Waals surface area contributed by atoms with E-state index in [1.165, 1.54) is 79.8 Å². The molecule has 0 spiro atoms. The van der Waals surface area contributed by atoms with Crippen molar-refractivity contribution in [1.82, 2.24) is 140 Å². The summed E-state index contributed by atoms with van der Waals surface area (Å²) in [5, 5.41) is 42.9. The lowest BCUT2D eigenvalue weighted by molar-refractivity contribution is 0.420. The van der Waals surface area contributed by atoms with E-state index in [0.717, 1.165) is 22.1 Å². The van der Waals surface area contributed by atoms with Crippen molar-refractivity contribution in [3.05, 3.63) is 510 Å². The Hall–Kier alpha value is -17.1. The minimum absolute atomic E-state index is 0. The predicted octanol–water partition coefficient (Wildman–Crippen LogP) is 34.4. The van der Waals surface area contributed by atoms with Crippen molar-refractivity contribution in [3.63, 3.8) is 0 Å². The summed E-state index contributed by atoms with van der Waals surface area (Å²) in [5.74, 6) is 0. The number of thiazole rings is 1. The molecule has 37 heteroatoms. The average Bonchev–Trinajstić information content (AvgIpc) is 1.67. The Morgan fingerprint density at radius 2 is 0.758 bits per heavy atom. The molecule has 0 aliphatic carbocycles. The topological polar surface area (TPSA) is 418 Å². The molecule has 804 valence electrons. The maximum absolute atomic E-state index is 4.58. The zero-order valence-electron chi connectivity index (χ0n) is 70.0. The number of pyridine rings is 1. The minimum Gasteiger partial charge on any atom is -0.473 e. The lowest BCUT2D eigenvalue weighted by atomic mass is 10.3. The van der Waals surface area contributed by atoms with Gasteiger partial charge in [0.2, 0.25) is 0 Å². The first-order valence-corrected chi connectivity index (χ1v) is 44.0. The van der Waals surface area contributed by atoms with Gasteiger partial charge in [-0.15, -0.1) is 45.3 Å². The highest BCUT2D eigenvalue weighted by Crippen LogP contribution is 2.25. The van der Waals surface area contributed by atoms with E-state index in [1.54, 1.807) is 273 Å². The van der Waals surface area contributed by atoms with Gasteiger partial charge >= 0.3 is 0 Å². The number of hydrogen-bond acceptors (Lipinski definition) is 31.